The van der Waals surface area contributed by atoms with E-state index in [2.05, 4.69) is 32.7 Å². The summed E-state index contributed by atoms with van der Waals surface area (Å²) in [6.07, 6.45) is 1.02. The second-order valence-electron chi connectivity index (χ2n) is 4.52. The Hall–Kier alpha value is -2.13. The minimum absolute atomic E-state index is 0.320. The van der Waals surface area contributed by atoms with Crippen molar-refractivity contribution in [3.05, 3.63) is 78.1 Å². The van der Waals surface area contributed by atoms with E-state index in [4.69, 9.17) is 16.3 Å². The first-order valence-corrected chi connectivity index (χ1v) is 7.90. The summed E-state index contributed by atoms with van der Waals surface area (Å²) in [5.74, 6) is 1.11. The minimum Gasteiger partial charge on any atom is -0.456 e. The number of H-pyrrole nitrogens is 1. The third-order valence-corrected chi connectivity index (χ3v) is 3.93. The fourth-order valence-corrected chi connectivity index (χ4v) is 2.44. The number of hydrogen-bond acceptors (Lipinski definition) is 4. The number of benzene rings is 2. The standard InChI is InChI=1S/C15H9ClIN3O3/c16-12-7-10(20-15(22)19-14(21)8-18-20)3-6-13(12)23-11-4-1-9(17)2-5-11/h1-8H,(H,19,21,22). The first kappa shape index (κ1) is 15.8. The molecule has 3 rings (SSSR count). The molecule has 23 heavy (non-hydrogen) atoms. The maximum absolute atomic E-state index is 11.7. The Kier molecular flexibility index (Phi) is 4.49. The molecule has 0 saturated carbocycles. The molecule has 8 heteroatoms. The van der Waals surface area contributed by atoms with Crippen LogP contribution in [0.3, 0.4) is 0 Å². The predicted molar refractivity (Wildman–Crippen MR) is 94.7 cm³/mol. The van der Waals surface area contributed by atoms with Gasteiger partial charge in [0.25, 0.3) is 5.56 Å². The van der Waals surface area contributed by atoms with Crippen LogP contribution in [0.25, 0.3) is 5.69 Å². The molecule has 6 nitrogen and oxygen atoms in total. The van der Waals surface area contributed by atoms with Gasteiger partial charge in [0, 0.05) is 3.57 Å². The lowest BCUT2D eigenvalue weighted by Gasteiger charge is -2.09. The van der Waals surface area contributed by atoms with Crippen molar-refractivity contribution < 1.29 is 4.74 Å². The zero-order valence-electron chi connectivity index (χ0n) is 11.5. The number of halogens is 2. The molecule has 0 amide bonds. The van der Waals surface area contributed by atoms with Gasteiger partial charge in [-0.25, -0.2) is 4.79 Å². The fourth-order valence-electron chi connectivity index (χ4n) is 1.87. The molecule has 1 heterocycles. The monoisotopic (exact) mass is 441 g/mol. The normalized spacial score (nSPS) is 10.5. The van der Waals surface area contributed by atoms with Crippen LogP contribution in [0, 0.1) is 3.57 Å². The van der Waals surface area contributed by atoms with E-state index in [1.165, 1.54) is 6.07 Å². The molecule has 2 aromatic carbocycles. The smallest absolute Gasteiger partial charge is 0.349 e. The summed E-state index contributed by atoms with van der Waals surface area (Å²) in [6, 6.07) is 12.3. The first-order valence-electron chi connectivity index (χ1n) is 6.45. The molecule has 0 atom stereocenters. The third kappa shape index (κ3) is 3.62. The van der Waals surface area contributed by atoms with Crippen molar-refractivity contribution in [1.29, 1.82) is 0 Å². The number of aromatic amines is 1. The largest absolute Gasteiger partial charge is 0.456 e. The topological polar surface area (TPSA) is 77.0 Å². The summed E-state index contributed by atoms with van der Waals surface area (Å²) in [6.45, 7) is 0. The van der Waals surface area contributed by atoms with Crippen LogP contribution in [0.15, 0.2) is 58.3 Å². The van der Waals surface area contributed by atoms with Crippen LogP contribution in [0.5, 0.6) is 11.5 Å². The van der Waals surface area contributed by atoms with Crippen LogP contribution in [-0.2, 0) is 0 Å². The van der Waals surface area contributed by atoms with E-state index in [0.29, 0.717) is 22.2 Å². The highest BCUT2D eigenvalue weighted by Crippen LogP contribution is 2.30. The van der Waals surface area contributed by atoms with Crippen LogP contribution in [0.4, 0.5) is 0 Å². The SMILES string of the molecule is O=c1cnn(-c2ccc(Oc3ccc(I)cc3)c(Cl)c2)c(=O)[nH]1. The fraction of sp³-hybridized carbons (Fsp3) is 0. The molecule has 0 fully saturated rings. The third-order valence-electron chi connectivity index (χ3n) is 2.91. The summed E-state index contributed by atoms with van der Waals surface area (Å²) >= 11 is 8.41. The summed E-state index contributed by atoms with van der Waals surface area (Å²) in [4.78, 5) is 24.9. The van der Waals surface area contributed by atoms with Gasteiger partial charge in [-0.15, -0.1) is 0 Å². The average Bonchev–Trinajstić information content (AvgIpc) is 2.51. The Morgan fingerprint density at radius 1 is 1.13 bits per heavy atom. The minimum atomic E-state index is -0.639. The Balaban J connectivity index is 1.93. The van der Waals surface area contributed by atoms with Crippen LogP contribution in [0.2, 0.25) is 5.02 Å². The van der Waals surface area contributed by atoms with Gasteiger partial charge in [-0.1, -0.05) is 11.6 Å². The van der Waals surface area contributed by atoms with Crippen LogP contribution >= 0.6 is 34.2 Å². The molecule has 116 valence electrons. The number of ether oxygens (including phenoxy) is 1. The molecule has 0 radical (unpaired) electrons. The number of rotatable bonds is 3. The number of nitrogens with zero attached hydrogens (tertiary/aromatic N) is 2. The zero-order valence-corrected chi connectivity index (χ0v) is 14.4. The molecule has 0 saturated heterocycles. The Bertz CT molecular complexity index is 967. The van der Waals surface area contributed by atoms with Gasteiger partial charge in [0.05, 0.1) is 10.7 Å². The van der Waals surface area contributed by atoms with Crippen molar-refractivity contribution in [2.45, 2.75) is 0 Å². The van der Waals surface area contributed by atoms with Gasteiger partial charge in [0.2, 0.25) is 0 Å². The van der Waals surface area contributed by atoms with Gasteiger partial charge in [-0.3, -0.25) is 9.78 Å². The zero-order chi connectivity index (χ0) is 16.4. The van der Waals surface area contributed by atoms with Gasteiger partial charge in [-0.2, -0.15) is 9.78 Å². The Morgan fingerprint density at radius 3 is 2.52 bits per heavy atom. The molecule has 0 aliphatic carbocycles. The van der Waals surface area contributed by atoms with Crippen molar-refractivity contribution in [3.63, 3.8) is 0 Å². The highest BCUT2D eigenvalue weighted by molar-refractivity contribution is 14.1. The summed E-state index contributed by atoms with van der Waals surface area (Å²) in [5.41, 5.74) is -0.776. The van der Waals surface area contributed by atoms with Gasteiger partial charge >= 0.3 is 5.69 Å². The molecule has 1 N–H and O–H groups in total. The van der Waals surface area contributed by atoms with E-state index in [1.807, 2.05) is 24.3 Å². The maximum Gasteiger partial charge on any atom is 0.349 e. The van der Waals surface area contributed by atoms with Crippen molar-refractivity contribution in [2.24, 2.45) is 0 Å². The Morgan fingerprint density at radius 2 is 1.87 bits per heavy atom. The second-order valence-corrected chi connectivity index (χ2v) is 6.17. The predicted octanol–water partition coefficient (Wildman–Crippen LogP) is 2.97. The lowest BCUT2D eigenvalue weighted by Crippen LogP contribution is -2.30. The molecule has 0 spiro atoms. The van der Waals surface area contributed by atoms with E-state index in [1.54, 1.807) is 12.1 Å². The highest BCUT2D eigenvalue weighted by Gasteiger charge is 2.08. The van der Waals surface area contributed by atoms with Crippen molar-refractivity contribution in [2.75, 3.05) is 0 Å². The van der Waals surface area contributed by atoms with E-state index < -0.39 is 11.2 Å². The lowest BCUT2D eigenvalue weighted by molar-refractivity contribution is 0.482. The number of hydrogen-bond donors (Lipinski definition) is 1. The summed E-state index contributed by atoms with van der Waals surface area (Å²) < 4.78 is 7.84. The van der Waals surface area contributed by atoms with E-state index in [-0.39, 0.29) is 0 Å². The average molecular weight is 442 g/mol. The number of nitrogens with one attached hydrogen (secondary N) is 1. The van der Waals surface area contributed by atoms with Crippen LogP contribution < -0.4 is 16.0 Å². The van der Waals surface area contributed by atoms with Crippen LogP contribution in [-0.4, -0.2) is 14.8 Å². The van der Waals surface area contributed by atoms with Gasteiger partial charge in [-0.05, 0) is 65.1 Å². The molecule has 0 unspecified atom stereocenters. The van der Waals surface area contributed by atoms with E-state index in [9.17, 15) is 9.59 Å². The molecule has 1 aromatic heterocycles. The first-order chi connectivity index (χ1) is 11.0. The maximum atomic E-state index is 11.7. The van der Waals surface area contributed by atoms with Crippen LogP contribution in [0.1, 0.15) is 0 Å². The quantitative estimate of drug-likeness (QED) is 0.634. The molecule has 0 aliphatic heterocycles. The second kappa shape index (κ2) is 6.55. The molecule has 0 aliphatic rings. The summed E-state index contributed by atoms with van der Waals surface area (Å²) in [7, 11) is 0. The molecule has 0 bridgehead atoms. The van der Waals surface area contributed by atoms with Crippen molar-refractivity contribution >= 4 is 34.2 Å². The summed E-state index contributed by atoms with van der Waals surface area (Å²) in [5, 5.41) is 4.09. The lowest BCUT2D eigenvalue weighted by atomic mass is 10.3. The van der Waals surface area contributed by atoms with E-state index >= 15 is 0 Å². The van der Waals surface area contributed by atoms with Gasteiger partial charge in [0.1, 0.15) is 17.7 Å². The van der Waals surface area contributed by atoms with Crippen molar-refractivity contribution in [1.82, 2.24) is 14.8 Å². The highest BCUT2D eigenvalue weighted by atomic mass is 127. The molecule has 3 aromatic rings. The molecular weight excluding hydrogens is 433 g/mol. The van der Waals surface area contributed by atoms with Gasteiger partial charge < -0.3 is 4.74 Å². The Labute approximate surface area is 148 Å². The van der Waals surface area contributed by atoms with E-state index in [0.717, 1.165) is 14.4 Å². The number of aromatic nitrogens is 3. The van der Waals surface area contributed by atoms with Gasteiger partial charge in [0.15, 0.2) is 0 Å². The van der Waals surface area contributed by atoms with Crippen molar-refractivity contribution in [3.8, 4) is 17.2 Å². The molecular formula is C15H9ClIN3O3.